The van der Waals surface area contributed by atoms with E-state index in [1.54, 1.807) is 12.1 Å². The lowest BCUT2D eigenvalue weighted by Gasteiger charge is -2.02. The van der Waals surface area contributed by atoms with Crippen molar-refractivity contribution in [3.05, 3.63) is 21.3 Å². The van der Waals surface area contributed by atoms with Crippen molar-refractivity contribution >= 4 is 45.4 Å². The molecule has 0 radical (unpaired) electrons. The fourth-order valence-electron chi connectivity index (χ4n) is 1.19. The highest BCUT2D eigenvalue weighted by atomic mass is 35.5. The number of Topliss-reactive ketones (excluding diaryl/α,β-unsaturated/α-hetero) is 1. The summed E-state index contributed by atoms with van der Waals surface area (Å²) in [6.45, 7) is 2.49. The van der Waals surface area contributed by atoms with Crippen LogP contribution in [0.25, 0.3) is 0 Å². The average molecular weight is 308 g/mol. The van der Waals surface area contributed by atoms with Crippen molar-refractivity contribution in [2.24, 2.45) is 0 Å². The number of ketones is 1. The SMILES string of the molecule is CCCNC(=O)CS(=O)CC(=O)c1ccc(Cl)s1. The van der Waals surface area contributed by atoms with Crippen LogP contribution in [0.1, 0.15) is 23.0 Å². The second-order valence-corrected chi connectivity index (χ2v) is 6.78. The van der Waals surface area contributed by atoms with Crippen LogP contribution in [0.4, 0.5) is 0 Å². The smallest absolute Gasteiger partial charge is 0.232 e. The van der Waals surface area contributed by atoms with Crippen molar-refractivity contribution < 1.29 is 13.8 Å². The Balaban J connectivity index is 2.40. The molecule has 1 N–H and O–H groups in total. The second kappa shape index (κ2) is 7.66. The third kappa shape index (κ3) is 5.29. The largest absolute Gasteiger partial charge is 0.355 e. The molecule has 1 heterocycles. The Morgan fingerprint density at radius 2 is 2.11 bits per heavy atom. The van der Waals surface area contributed by atoms with Crippen LogP contribution in [0.5, 0.6) is 0 Å². The van der Waals surface area contributed by atoms with Gasteiger partial charge in [0.1, 0.15) is 5.75 Å². The zero-order chi connectivity index (χ0) is 13.5. The van der Waals surface area contributed by atoms with E-state index in [0.717, 1.165) is 17.8 Å². The van der Waals surface area contributed by atoms with Gasteiger partial charge in [-0.2, -0.15) is 0 Å². The summed E-state index contributed by atoms with van der Waals surface area (Å²) in [6.07, 6.45) is 0.824. The Bertz CT molecular complexity index is 459. The summed E-state index contributed by atoms with van der Waals surface area (Å²) in [4.78, 5) is 23.5. The molecule has 1 aromatic heterocycles. The van der Waals surface area contributed by atoms with Crippen LogP contribution in [-0.2, 0) is 15.6 Å². The minimum atomic E-state index is -1.47. The number of carbonyl (C=O) groups is 2. The van der Waals surface area contributed by atoms with Crippen molar-refractivity contribution in [3.8, 4) is 0 Å². The van der Waals surface area contributed by atoms with E-state index < -0.39 is 10.8 Å². The van der Waals surface area contributed by atoms with Gasteiger partial charge < -0.3 is 5.32 Å². The van der Waals surface area contributed by atoms with Crippen molar-refractivity contribution in [2.75, 3.05) is 18.1 Å². The first kappa shape index (κ1) is 15.3. The Labute approximate surface area is 117 Å². The number of thiophene rings is 1. The fraction of sp³-hybridized carbons (Fsp3) is 0.455. The quantitative estimate of drug-likeness (QED) is 0.782. The molecule has 1 atom stereocenters. The predicted molar refractivity (Wildman–Crippen MR) is 74.8 cm³/mol. The van der Waals surface area contributed by atoms with E-state index in [4.69, 9.17) is 11.6 Å². The summed E-state index contributed by atoms with van der Waals surface area (Å²) >= 11 is 6.86. The summed E-state index contributed by atoms with van der Waals surface area (Å²) in [5.41, 5.74) is 0. The first-order valence-corrected chi connectivity index (χ1v) is 8.11. The van der Waals surface area contributed by atoms with Gasteiger partial charge in [0, 0.05) is 17.3 Å². The van der Waals surface area contributed by atoms with Gasteiger partial charge in [-0.3, -0.25) is 13.8 Å². The highest BCUT2D eigenvalue weighted by molar-refractivity contribution is 7.86. The molecule has 4 nitrogen and oxygen atoms in total. The molecule has 0 aliphatic rings. The van der Waals surface area contributed by atoms with Gasteiger partial charge in [0.15, 0.2) is 5.78 Å². The fourth-order valence-corrected chi connectivity index (χ4v) is 3.21. The minimum Gasteiger partial charge on any atom is -0.355 e. The molecule has 100 valence electrons. The molecular formula is C11H14ClNO3S2. The van der Waals surface area contributed by atoms with Crippen LogP contribution in [0.15, 0.2) is 12.1 Å². The normalized spacial score (nSPS) is 12.1. The average Bonchev–Trinajstić information content (AvgIpc) is 2.73. The monoisotopic (exact) mass is 307 g/mol. The molecule has 1 rings (SSSR count). The number of halogens is 1. The number of carbonyl (C=O) groups excluding carboxylic acids is 2. The number of amides is 1. The molecule has 0 spiro atoms. The lowest BCUT2D eigenvalue weighted by Crippen LogP contribution is -2.30. The molecule has 0 saturated carbocycles. The molecule has 7 heteroatoms. The van der Waals surface area contributed by atoms with E-state index in [-0.39, 0.29) is 23.2 Å². The minimum absolute atomic E-state index is 0.134. The van der Waals surface area contributed by atoms with E-state index in [1.807, 2.05) is 6.92 Å². The topological polar surface area (TPSA) is 63.2 Å². The van der Waals surface area contributed by atoms with Crippen molar-refractivity contribution in [1.29, 1.82) is 0 Å². The van der Waals surface area contributed by atoms with E-state index in [2.05, 4.69) is 5.32 Å². The standard InChI is InChI=1S/C11H14ClNO3S2/c1-2-5-13-11(15)7-18(16)6-8(14)9-3-4-10(12)17-9/h3-4H,2,5-7H2,1H3,(H,13,15). The first-order valence-electron chi connectivity index (χ1n) is 5.43. The van der Waals surface area contributed by atoms with Gasteiger partial charge >= 0.3 is 0 Å². The van der Waals surface area contributed by atoms with Gasteiger partial charge in [0.05, 0.1) is 15.0 Å². The van der Waals surface area contributed by atoms with Crippen molar-refractivity contribution in [1.82, 2.24) is 5.32 Å². The highest BCUT2D eigenvalue weighted by Crippen LogP contribution is 2.21. The zero-order valence-electron chi connectivity index (χ0n) is 9.90. The highest BCUT2D eigenvalue weighted by Gasteiger charge is 2.15. The molecule has 0 fully saturated rings. The summed E-state index contributed by atoms with van der Waals surface area (Å²) in [5.74, 6) is -0.804. The first-order chi connectivity index (χ1) is 8.52. The van der Waals surface area contributed by atoms with E-state index >= 15 is 0 Å². The van der Waals surface area contributed by atoms with E-state index in [0.29, 0.717) is 15.8 Å². The maximum atomic E-state index is 11.7. The lowest BCUT2D eigenvalue weighted by atomic mass is 10.4. The summed E-state index contributed by atoms with van der Waals surface area (Å²) in [6, 6.07) is 3.22. The zero-order valence-corrected chi connectivity index (χ0v) is 12.3. The molecule has 0 aliphatic heterocycles. The van der Waals surface area contributed by atoms with Crippen LogP contribution in [-0.4, -0.2) is 33.9 Å². The molecule has 1 aromatic rings. The van der Waals surface area contributed by atoms with Gasteiger partial charge in [-0.1, -0.05) is 18.5 Å². The van der Waals surface area contributed by atoms with Gasteiger partial charge in [-0.25, -0.2) is 0 Å². The third-order valence-corrected chi connectivity index (χ3v) is 4.44. The van der Waals surface area contributed by atoms with Gasteiger partial charge in [-0.05, 0) is 18.6 Å². The molecule has 0 aliphatic carbocycles. The summed E-state index contributed by atoms with van der Waals surface area (Å²) < 4.78 is 12.1. The second-order valence-electron chi connectivity index (χ2n) is 3.61. The Morgan fingerprint density at radius 1 is 1.39 bits per heavy atom. The van der Waals surface area contributed by atoms with Gasteiger partial charge in [0.2, 0.25) is 5.91 Å². The van der Waals surface area contributed by atoms with E-state index in [9.17, 15) is 13.8 Å². The van der Waals surface area contributed by atoms with Crippen LogP contribution in [0.2, 0.25) is 4.34 Å². The lowest BCUT2D eigenvalue weighted by molar-refractivity contribution is -0.118. The number of nitrogens with one attached hydrogen (secondary N) is 1. The number of hydrogen-bond acceptors (Lipinski definition) is 4. The maximum absolute atomic E-state index is 11.7. The van der Waals surface area contributed by atoms with Crippen LogP contribution in [0, 0.1) is 0 Å². The predicted octanol–water partition coefficient (Wildman–Crippen LogP) is 1.86. The maximum Gasteiger partial charge on any atom is 0.232 e. The Morgan fingerprint density at radius 3 is 2.67 bits per heavy atom. The van der Waals surface area contributed by atoms with Crippen LogP contribution < -0.4 is 5.32 Å². The molecule has 0 aromatic carbocycles. The molecule has 1 amide bonds. The number of hydrogen-bond donors (Lipinski definition) is 1. The van der Waals surface area contributed by atoms with E-state index in [1.165, 1.54) is 0 Å². The Kier molecular flexibility index (Phi) is 6.52. The molecule has 0 bridgehead atoms. The summed E-state index contributed by atoms with van der Waals surface area (Å²) in [7, 11) is -1.47. The van der Waals surface area contributed by atoms with Crippen molar-refractivity contribution in [3.63, 3.8) is 0 Å². The number of rotatable bonds is 7. The van der Waals surface area contributed by atoms with Crippen LogP contribution >= 0.6 is 22.9 Å². The molecule has 0 saturated heterocycles. The molecular weight excluding hydrogens is 294 g/mol. The Hall–Kier alpha value is -0.720. The van der Waals surface area contributed by atoms with Crippen LogP contribution in [0.3, 0.4) is 0 Å². The molecule has 1 unspecified atom stereocenters. The third-order valence-electron chi connectivity index (χ3n) is 2.00. The van der Waals surface area contributed by atoms with Crippen molar-refractivity contribution in [2.45, 2.75) is 13.3 Å². The van der Waals surface area contributed by atoms with Gasteiger partial charge in [0.25, 0.3) is 0 Å². The summed E-state index contributed by atoms with van der Waals surface area (Å²) in [5, 5.41) is 2.62. The van der Waals surface area contributed by atoms with Gasteiger partial charge in [-0.15, -0.1) is 11.3 Å². The molecule has 18 heavy (non-hydrogen) atoms.